The maximum Gasteiger partial charge on any atom is 0.151 e. The molecule has 2 heterocycles. The molecule has 0 amide bonds. The summed E-state index contributed by atoms with van der Waals surface area (Å²) in [5.74, 6) is 1.97. The number of ketones is 6. The second-order valence-corrected chi connectivity index (χ2v) is 24.2. The molecule has 87 heavy (non-hydrogen) atoms. The van der Waals surface area contributed by atoms with Gasteiger partial charge in [-0.25, -0.2) is 0 Å². The molecule has 1 aliphatic carbocycles. The molecule has 0 spiro atoms. The second-order valence-electron chi connectivity index (χ2n) is 22.2. The van der Waals surface area contributed by atoms with Crippen LogP contribution in [0.4, 0.5) is 0 Å². The summed E-state index contributed by atoms with van der Waals surface area (Å²) in [4.78, 5) is 68.8. The number of carbonyl (C=O) groups is 6. The Hall–Kier alpha value is -6.72. The predicted molar refractivity (Wildman–Crippen MR) is 367 cm³/mol. The van der Waals surface area contributed by atoms with Crippen molar-refractivity contribution in [3.63, 3.8) is 0 Å². The van der Waals surface area contributed by atoms with Gasteiger partial charge >= 0.3 is 0 Å². The number of benzene rings is 6. The largest absolute Gasteiger partial charge is 0.311 e. The van der Waals surface area contributed by atoms with Crippen LogP contribution in [-0.4, -0.2) is 107 Å². The molecule has 12 nitrogen and oxygen atoms in total. The van der Waals surface area contributed by atoms with Crippen LogP contribution < -0.4 is 31.9 Å². The van der Waals surface area contributed by atoms with Crippen molar-refractivity contribution in [2.24, 2.45) is 5.92 Å². The zero-order valence-electron chi connectivity index (χ0n) is 53.5. The van der Waals surface area contributed by atoms with E-state index in [4.69, 9.17) is 0 Å². The summed E-state index contributed by atoms with van der Waals surface area (Å²) in [6.07, 6.45) is 10.9. The van der Waals surface area contributed by atoms with Gasteiger partial charge in [-0.1, -0.05) is 172 Å². The number of hydrogen-bond donors (Lipinski definition) is 6. The first-order chi connectivity index (χ1) is 41.9. The Kier molecular flexibility index (Phi) is 33.4. The van der Waals surface area contributed by atoms with Crippen molar-refractivity contribution in [2.75, 3.05) is 42.3 Å². The molecule has 2 aromatic heterocycles. The lowest BCUT2D eigenvalue weighted by molar-refractivity contribution is -0.120. The molecule has 8 aromatic rings. The standard InChI is InChI=1S/2C15H17NO.C13H15NOS.C11H21NO.C10H13NO.C9H13NOS/c1-11(17)15(16-2)10-13-8-5-7-12-6-3-4-9-14(12)13;1-11(17)15(16-2)10-12-7-8-13-5-3-4-6-14(13)9-12;1-9(15)12(14-2)7-10-8-16-13-6-4-3-5-11(10)13;1-9(13)11(12-2)8-10-6-4-3-5-7-10;1-8(12)10(11-2)9-6-4-3-5-7-9;1-7(11)9(10-2)6-8-4-3-5-12-8/h2*3-9,15-16H,10H2,1-2H3;3-6,8,12,14H,7H2,1-2H3;10-12H,3-8H2,1-2H3;3-7,10-11H,1-2H3;3-5,9-10H,6H2,1-2H3. The lowest BCUT2D eigenvalue weighted by Gasteiger charge is -2.24. The van der Waals surface area contributed by atoms with Gasteiger partial charge in [0.2, 0.25) is 0 Å². The van der Waals surface area contributed by atoms with Gasteiger partial charge in [0.05, 0.1) is 36.3 Å². The van der Waals surface area contributed by atoms with Crippen LogP contribution in [0, 0.1) is 5.92 Å². The zero-order chi connectivity index (χ0) is 63.7. The van der Waals surface area contributed by atoms with Crippen LogP contribution in [-0.2, 0) is 54.5 Å². The molecule has 6 unspecified atom stereocenters. The molecule has 0 saturated heterocycles. The Morgan fingerprint density at radius 2 is 0.908 bits per heavy atom. The first-order valence-electron chi connectivity index (χ1n) is 30.4. The number of fused-ring (bicyclic) bond motifs is 3. The van der Waals surface area contributed by atoms with Crippen LogP contribution in [0.25, 0.3) is 31.6 Å². The van der Waals surface area contributed by atoms with E-state index in [0.717, 1.165) is 43.6 Å². The average molecular weight is 1220 g/mol. The summed E-state index contributed by atoms with van der Waals surface area (Å²) < 4.78 is 1.29. The van der Waals surface area contributed by atoms with Gasteiger partial charge in [-0.15, -0.1) is 22.7 Å². The lowest BCUT2D eigenvalue weighted by Crippen LogP contribution is -2.34. The van der Waals surface area contributed by atoms with Crippen molar-refractivity contribution >= 4 is 89.0 Å². The van der Waals surface area contributed by atoms with E-state index in [1.165, 1.54) is 85.3 Å². The van der Waals surface area contributed by atoms with Crippen molar-refractivity contribution in [2.45, 2.75) is 142 Å². The van der Waals surface area contributed by atoms with Crippen LogP contribution in [0.2, 0.25) is 0 Å². The van der Waals surface area contributed by atoms with Crippen LogP contribution in [0.3, 0.4) is 0 Å². The highest BCUT2D eigenvalue weighted by atomic mass is 32.1. The minimum absolute atomic E-state index is 0.0244. The zero-order valence-corrected chi connectivity index (χ0v) is 55.1. The number of rotatable bonds is 23. The Morgan fingerprint density at radius 1 is 0.414 bits per heavy atom. The number of carbonyl (C=O) groups excluding carboxylic acids is 6. The number of thiophene rings is 2. The number of Topliss-reactive ketones (excluding diaryl/α,β-unsaturated/α-hetero) is 6. The quantitative estimate of drug-likeness (QED) is 0.0358. The third kappa shape index (κ3) is 25.1. The fourth-order valence-electron chi connectivity index (χ4n) is 10.6. The fraction of sp³-hybridized carbons (Fsp3) is 0.397. The highest BCUT2D eigenvalue weighted by molar-refractivity contribution is 7.17. The topological polar surface area (TPSA) is 175 Å². The molecule has 9 rings (SSSR count). The van der Waals surface area contributed by atoms with Gasteiger partial charge in [0, 0.05) is 16.0 Å². The maximum atomic E-state index is 11.5. The van der Waals surface area contributed by atoms with Crippen LogP contribution >= 0.6 is 22.7 Å². The Balaban J connectivity index is 0.000000225. The Bertz CT molecular complexity index is 3330. The van der Waals surface area contributed by atoms with E-state index in [1.54, 1.807) is 71.3 Å². The highest BCUT2D eigenvalue weighted by Gasteiger charge is 2.21. The molecule has 1 aliphatic rings. The van der Waals surface area contributed by atoms with Crippen molar-refractivity contribution in [1.29, 1.82) is 0 Å². The number of likely N-dealkylation sites (N-methyl/N-ethyl adjacent to an activating group) is 6. The summed E-state index contributed by atoms with van der Waals surface area (Å²) in [5, 5.41) is 28.6. The summed E-state index contributed by atoms with van der Waals surface area (Å²) in [6, 6.07) is 50.9. The van der Waals surface area contributed by atoms with Crippen LogP contribution in [0.15, 0.2) is 162 Å². The van der Waals surface area contributed by atoms with E-state index in [9.17, 15) is 28.8 Å². The maximum absolute atomic E-state index is 11.5. The highest BCUT2D eigenvalue weighted by Crippen LogP contribution is 2.28. The van der Waals surface area contributed by atoms with E-state index in [-0.39, 0.29) is 71.0 Å². The molecule has 1 saturated carbocycles. The molecule has 1 fully saturated rings. The molecular weight excluding hydrogens is 1120 g/mol. The van der Waals surface area contributed by atoms with E-state index in [1.807, 2.05) is 119 Å². The SMILES string of the molecule is CNC(C(C)=O)c1ccccc1.CNC(CC1CCCCC1)C(C)=O.CNC(Cc1ccc2ccccc2c1)C(C)=O.CNC(Cc1cccc2ccccc12)C(C)=O.CNC(Cc1cccs1)C(C)=O.CNC(Cc1csc2ccccc12)C(C)=O. The minimum Gasteiger partial charge on any atom is -0.311 e. The third-order valence-electron chi connectivity index (χ3n) is 15.8. The first kappa shape index (κ1) is 72.8. The van der Waals surface area contributed by atoms with Gasteiger partial charge in [-0.05, 0) is 188 Å². The Labute approximate surface area is 526 Å². The molecule has 6 aromatic carbocycles. The summed E-state index contributed by atoms with van der Waals surface area (Å²) in [5.41, 5.74) is 4.69. The third-order valence-corrected chi connectivity index (χ3v) is 17.8. The van der Waals surface area contributed by atoms with E-state index in [2.05, 4.69) is 110 Å². The molecule has 0 radical (unpaired) electrons. The van der Waals surface area contributed by atoms with Crippen molar-refractivity contribution in [3.8, 4) is 0 Å². The minimum atomic E-state index is -0.161. The van der Waals surface area contributed by atoms with Gasteiger partial charge in [-0.3, -0.25) is 28.8 Å². The van der Waals surface area contributed by atoms with Crippen molar-refractivity contribution in [3.05, 3.63) is 190 Å². The van der Waals surface area contributed by atoms with Gasteiger partial charge in [0.25, 0.3) is 0 Å². The molecule has 6 atom stereocenters. The van der Waals surface area contributed by atoms with Gasteiger partial charge in [0.1, 0.15) is 28.9 Å². The van der Waals surface area contributed by atoms with E-state index >= 15 is 0 Å². The predicted octanol–water partition coefficient (Wildman–Crippen LogP) is 12.9. The smallest absolute Gasteiger partial charge is 0.151 e. The average Bonchev–Trinajstić information content (AvgIpc) is 3.67. The van der Waals surface area contributed by atoms with Crippen LogP contribution in [0.5, 0.6) is 0 Å². The fourth-order valence-corrected chi connectivity index (χ4v) is 12.3. The molecule has 466 valence electrons. The summed E-state index contributed by atoms with van der Waals surface area (Å²) in [7, 11) is 11.0. The van der Waals surface area contributed by atoms with Crippen molar-refractivity contribution < 1.29 is 28.8 Å². The van der Waals surface area contributed by atoms with Crippen molar-refractivity contribution in [1.82, 2.24) is 31.9 Å². The number of hydrogen-bond acceptors (Lipinski definition) is 14. The van der Waals surface area contributed by atoms with E-state index < -0.39 is 0 Å². The molecule has 0 bridgehead atoms. The molecule has 0 aliphatic heterocycles. The lowest BCUT2D eigenvalue weighted by atomic mass is 9.84. The Morgan fingerprint density at radius 3 is 1.45 bits per heavy atom. The molecular formula is C73H96N6O6S2. The first-order valence-corrected chi connectivity index (χ1v) is 32.2. The summed E-state index contributed by atoms with van der Waals surface area (Å²) >= 11 is 3.43. The number of nitrogens with one attached hydrogen (secondary N) is 6. The molecule has 6 N–H and O–H groups in total. The monoisotopic (exact) mass is 1220 g/mol. The summed E-state index contributed by atoms with van der Waals surface area (Å²) in [6.45, 7) is 9.79. The molecule has 14 heteroatoms. The van der Waals surface area contributed by atoms with Gasteiger partial charge < -0.3 is 31.9 Å². The van der Waals surface area contributed by atoms with Gasteiger partial charge in [0.15, 0.2) is 5.78 Å². The van der Waals surface area contributed by atoms with Crippen LogP contribution in [0.1, 0.15) is 113 Å². The second kappa shape index (κ2) is 39.9. The van der Waals surface area contributed by atoms with Gasteiger partial charge in [-0.2, -0.15) is 0 Å². The normalized spacial score (nSPS) is 14.0. The van der Waals surface area contributed by atoms with E-state index in [0.29, 0.717) is 0 Å².